The van der Waals surface area contributed by atoms with E-state index in [9.17, 15) is 0 Å². The van der Waals surface area contributed by atoms with Crippen molar-refractivity contribution in [2.75, 3.05) is 39.5 Å². The lowest BCUT2D eigenvalue weighted by molar-refractivity contribution is 0.0560. The highest BCUT2D eigenvalue weighted by molar-refractivity contribution is 4.84. The van der Waals surface area contributed by atoms with E-state index < -0.39 is 0 Å². The molecule has 0 atom stereocenters. The predicted molar refractivity (Wildman–Crippen MR) is 49.7 cm³/mol. The number of aliphatic hydroxyl groups is 1. The molecule has 0 amide bonds. The van der Waals surface area contributed by atoms with Gasteiger partial charge in [-0.1, -0.05) is 13.8 Å². The minimum atomic E-state index is 0.211. The molecule has 0 aromatic rings. The van der Waals surface area contributed by atoms with E-state index in [1.54, 1.807) is 0 Å². The smallest absolute Gasteiger partial charge is 0.0957 e. The zero-order valence-electron chi connectivity index (χ0n) is 8.08. The quantitative estimate of drug-likeness (QED) is 0.655. The molecule has 1 N–H and O–H groups in total. The normalized spacial score (nSPS) is 22.0. The number of rotatable bonds is 3. The van der Waals surface area contributed by atoms with Gasteiger partial charge in [0.05, 0.1) is 6.73 Å². The first-order chi connectivity index (χ1) is 5.72. The first-order valence-electron chi connectivity index (χ1n) is 4.57. The summed E-state index contributed by atoms with van der Waals surface area (Å²) in [5.74, 6) is 1.47. The molecular weight excluding hydrogens is 152 g/mol. The third kappa shape index (κ3) is 3.09. The molecule has 71 valence electrons. The van der Waals surface area contributed by atoms with Gasteiger partial charge in [0.25, 0.3) is 0 Å². The molecule has 0 unspecified atom stereocenters. The van der Waals surface area contributed by atoms with Crippen molar-refractivity contribution in [1.82, 2.24) is 9.80 Å². The molecule has 0 aromatic carbocycles. The first kappa shape index (κ1) is 9.96. The van der Waals surface area contributed by atoms with Gasteiger partial charge in [-0.05, 0) is 5.92 Å². The van der Waals surface area contributed by atoms with Crippen LogP contribution in [-0.4, -0.2) is 54.4 Å². The summed E-state index contributed by atoms with van der Waals surface area (Å²) in [6.07, 6.45) is 0. The second-order valence-electron chi connectivity index (χ2n) is 3.74. The highest BCUT2D eigenvalue weighted by atomic mass is 16.3. The summed E-state index contributed by atoms with van der Waals surface area (Å²) in [4.78, 5) is 4.50. The fraction of sp³-hybridized carbons (Fsp3) is 0.889. The van der Waals surface area contributed by atoms with Gasteiger partial charge in [-0.2, -0.15) is 0 Å². The molecule has 0 aromatic heterocycles. The zero-order valence-corrected chi connectivity index (χ0v) is 8.08. The minimum absolute atomic E-state index is 0.211. The van der Waals surface area contributed by atoms with E-state index in [-0.39, 0.29) is 6.73 Å². The highest BCUT2D eigenvalue weighted by Crippen LogP contribution is 2.05. The molecule has 1 rings (SSSR count). The van der Waals surface area contributed by atoms with Gasteiger partial charge in [-0.15, -0.1) is 0 Å². The Labute approximate surface area is 75.0 Å². The molecule has 0 aliphatic carbocycles. The number of aliphatic hydroxyl groups excluding tert-OH is 1. The van der Waals surface area contributed by atoms with Gasteiger partial charge >= 0.3 is 0 Å². The molecule has 12 heavy (non-hydrogen) atoms. The molecule has 1 heterocycles. The molecule has 0 bridgehead atoms. The summed E-state index contributed by atoms with van der Waals surface area (Å²) in [6.45, 7) is 9.84. The first-order valence-corrected chi connectivity index (χ1v) is 4.57. The summed E-state index contributed by atoms with van der Waals surface area (Å²) in [5, 5.41) is 8.86. The van der Waals surface area contributed by atoms with E-state index in [4.69, 9.17) is 5.11 Å². The second-order valence-corrected chi connectivity index (χ2v) is 3.74. The standard InChI is InChI=1S/C9H19N2O/c1-9(2)7-10-3-5-11(8-12)6-4-10/h12H,3-8H2,1-2H3. The monoisotopic (exact) mass is 171 g/mol. The third-order valence-corrected chi connectivity index (χ3v) is 2.20. The van der Waals surface area contributed by atoms with Gasteiger partial charge in [0.1, 0.15) is 0 Å². The Morgan fingerprint density at radius 2 is 1.58 bits per heavy atom. The minimum Gasteiger partial charge on any atom is -0.381 e. The molecular formula is C9H19N2O. The molecule has 1 aliphatic rings. The number of piperazine rings is 1. The van der Waals surface area contributed by atoms with Crippen LogP contribution in [0.25, 0.3) is 0 Å². The average molecular weight is 171 g/mol. The van der Waals surface area contributed by atoms with Crippen LogP contribution in [0.4, 0.5) is 0 Å². The van der Waals surface area contributed by atoms with E-state index in [1.165, 1.54) is 5.92 Å². The fourth-order valence-electron chi connectivity index (χ4n) is 1.54. The third-order valence-electron chi connectivity index (χ3n) is 2.20. The Hall–Kier alpha value is -0.120. The Balaban J connectivity index is 2.17. The Kier molecular flexibility index (Phi) is 3.98. The van der Waals surface area contributed by atoms with Crippen molar-refractivity contribution in [3.8, 4) is 0 Å². The van der Waals surface area contributed by atoms with Gasteiger partial charge in [0, 0.05) is 32.7 Å². The summed E-state index contributed by atoms with van der Waals surface area (Å²) in [5.41, 5.74) is 0. The maximum absolute atomic E-state index is 8.86. The SMILES string of the molecule is C[C](C)CN1CCN(CO)CC1. The molecule has 0 spiro atoms. The van der Waals surface area contributed by atoms with E-state index >= 15 is 0 Å². The summed E-state index contributed by atoms with van der Waals surface area (Å²) < 4.78 is 0. The highest BCUT2D eigenvalue weighted by Gasteiger charge is 2.15. The molecule has 3 nitrogen and oxygen atoms in total. The molecule has 0 saturated carbocycles. The lowest BCUT2D eigenvalue weighted by Gasteiger charge is -2.34. The average Bonchev–Trinajstić information content (AvgIpc) is 2.05. The molecule has 1 saturated heterocycles. The van der Waals surface area contributed by atoms with Gasteiger partial charge in [-0.3, -0.25) is 4.90 Å². The largest absolute Gasteiger partial charge is 0.381 e. The van der Waals surface area contributed by atoms with Crippen molar-refractivity contribution < 1.29 is 5.11 Å². The van der Waals surface area contributed by atoms with E-state index in [2.05, 4.69) is 23.6 Å². The van der Waals surface area contributed by atoms with Crippen molar-refractivity contribution in [3.63, 3.8) is 0 Å². The van der Waals surface area contributed by atoms with Crippen molar-refractivity contribution >= 4 is 0 Å². The lowest BCUT2D eigenvalue weighted by atomic mass is 10.2. The van der Waals surface area contributed by atoms with Crippen molar-refractivity contribution in [3.05, 3.63) is 5.92 Å². The fourth-order valence-corrected chi connectivity index (χ4v) is 1.54. The molecule has 1 fully saturated rings. The number of nitrogens with zero attached hydrogens (tertiary/aromatic N) is 2. The maximum Gasteiger partial charge on any atom is 0.0957 e. The predicted octanol–water partition coefficient (Wildman–Crippen LogP) is 0.168. The Morgan fingerprint density at radius 1 is 1.08 bits per heavy atom. The Morgan fingerprint density at radius 3 is 2.00 bits per heavy atom. The Bertz CT molecular complexity index is 120. The van der Waals surface area contributed by atoms with Crippen molar-refractivity contribution in [1.29, 1.82) is 0 Å². The van der Waals surface area contributed by atoms with Crippen LogP contribution in [0.15, 0.2) is 0 Å². The van der Waals surface area contributed by atoms with Crippen LogP contribution in [0.2, 0.25) is 0 Å². The van der Waals surface area contributed by atoms with Gasteiger partial charge in [0.2, 0.25) is 0 Å². The van der Waals surface area contributed by atoms with Gasteiger partial charge in [0.15, 0.2) is 0 Å². The molecule has 3 heteroatoms. The van der Waals surface area contributed by atoms with Crippen molar-refractivity contribution in [2.45, 2.75) is 13.8 Å². The maximum atomic E-state index is 8.86. The van der Waals surface area contributed by atoms with Crippen LogP contribution in [0.3, 0.4) is 0 Å². The van der Waals surface area contributed by atoms with E-state index in [1.807, 2.05) is 0 Å². The topological polar surface area (TPSA) is 26.7 Å². The number of hydrogen-bond donors (Lipinski definition) is 1. The van der Waals surface area contributed by atoms with Gasteiger partial charge in [-0.25, -0.2) is 0 Å². The number of hydrogen-bond acceptors (Lipinski definition) is 3. The zero-order chi connectivity index (χ0) is 8.97. The summed E-state index contributed by atoms with van der Waals surface area (Å²) in [7, 11) is 0. The van der Waals surface area contributed by atoms with Crippen LogP contribution in [0.1, 0.15) is 13.8 Å². The molecule has 1 aliphatic heterocycles. The van der Waals surface area contributed by atoms with Crippen LogP contribution in [0, 0.1) is 5.92 Å². The molecule has 1 radical (unpaired) electrons. The van der Waals surface area contributed by atoms with E-state index in [0.717, 1.165) is 32.7 Å². The summed E-state index contributed by atoms with van der Waals surface area (Å²) >= 11 is 0. The lowest BCUT2D eigenvalue weighted by Crippen LogP contribution is -2.47. The van der Waals surface area contributed by atoms with Crippen LogP contribution in [-0.2, 0) is 0 Å². The van der Waals surface area contributed by atoms with Crippen molar-refractivity contribution in [2.24, 2.45) is 0 Å². The summed E-state index contributed by atoms with van der Waals surface area (Å²) in [6, 6.07) is 0. The van der Waals surface area contributed by atoms with Gasteiger partial charge < -0.3 is 10.0 Å². The van der Waals surface area contributed by atoms with Crippen LogP contribution >= 0.6 is 0 Å². The van der Waals surface area contributed by atoms with Crippen LogP contribution in [0.5, 0.6) is 0 Å². The van der Waals surface area contributed by atoms with E-state index in [0.29, 0.717) is 0 Å². The second kappa shape index (κ2) is 4.80. The van der Waals surface area contributed by atoms with Crippen LogP contribution < -0.4 is 0 Å².